The molecule has 4 atom stereocenters. The summed E-state index contributed by atoms with van der Waals surface area (Å²) in [6, 6.07) is 7.84. The number of piperidine rings is 1. The number of nitrogens with zero attached hydrogens (tertiary/aromatic N) is 1. The molecule has 2 heterocycles. The van der Waals surface area contributed by atoms with Gasteiger partial charge in [0.25, 0.3) is 0 Å². The molecular formula is C18H23NO4. The molecule has 0 amide bonds. The van der Waals surface area contributed by atoms with Gasteiger partial charge in [-0.25, -0.2) is 4.79 Å². The molecule has 0 aromatic heterocycles. The van der Waals surface area contributed by atoms with Crippen molar-refractivity contribution in [1.82, 2.24) is 4.90 Å². The highest BCUT2D eigenvalue weighted by Crippen LogP contribution is 2.37. The maximum atomic E-state index is 12.3. The van der Waals surface area contributed by atoms with Gasteiger partial charge in [0.2, 0.25) is 0 Å². The number of carbonyl (C=O) groups excluding carboxylic acids is 2. The van der Waals surface area contributed by atoms with E-state index in [4.69, 9.17) is 9.47 Å². The summed E-state index contributed by atoms with van der Waals surface area (Å²) in [4.78, 5) is 25.8. The minimum atomic E-state index is -0.275. The molecule has 4 unspecified atom stereocenters. The number of esters is 2. The maximum Gasteiger partial charge on any atom is 0.338 e. The normalized spacial score (nSPS) is 30.0. The minimum Gasteiger partial charge on any atom is -0.461 e. The second kappa shape index (κ2) is 6.32. The molecule has 0 radical (unpaired) electrons. The molecule has 5 nitrogen and oxygen atoms in total. The number of ether oxygens (including phenoxy) is 2. The Labute approximate surface area is 136 Å². The van der Waals surface area contributed by atoms with E-state index in [0.29, 0.717) is 18.0 Å². The number of benzene rings is 1. The van der Waals surface area contributed by atoms with Crippen LogP contribution in [0.5, 0.6) is 0 Å². The summed E-state index contributed by atoms with van der Waals surface area (Å²) in [5.74, 6) is -0.521. The van der Waals surface area contributed by atoms with Crippen molar-refractivity contribution in [3.8, 4) is 0 Å². The predicted molar refractivity (Wildman–Crippen MR) is 85.1 cm³/mol. The molecule has 2 aliphatic rings. The number of hydrogen-bond donors (Lipinski definition) is 0. The quantitative estimate of drug-likeness (QED) is 0.801. The third-order valence-electron chi connectivity index (χ3n) is 4.95. The zero-order valence-electron chi connectivity index (χ0n) is 13.8. The molecule has 2 fully saturated rings. The highest BCUT2D eigenvalue weighted by molar-refractivity contribution is 5.89. The summed E-state index contributed by atoms with van der Waals surface area (Å²) in [5.41, 5.74) is 1.70. The summed E-state index contributed by atoms with van der Waals surface area (Å²) in [5, 5.41) is 0. The lowest BCUT2D eigenvalue weighted by Crippen LogP contribution is -2.46. The van der Waals surface area contributed by atoms with Crippen LogP contribution in [0, 0.1) is 6.92 Å². The van der Waals surface area contributed by atoms with Crippen LogP contribution in [0.25, 0.3) is 0 Å². The highest BCUT2D eigenvalue weighted by Gasteiger charge is 2.47. The number of aryl methyl sites for hydroxylation is 1. The standard InChI is InChI=1S/C18H23NO4/c1-11-4-6-13(7-5-11)18(21)23-15-8-14-9-17(22-12(2)20)16(10-15)19(14)3/h4-7,14-17H,8-10H2,1-3H3. The van der Waals surface area contributed by atoms with Crippen LogP contribution in [0.4, 0.5) is 0 Å². The first-order valence-corrected chi connectivity index (χ1v) is 8.11. The number of rotatable bonds is 3. The van der Waals surface area contributed by atoms with Gasteiger partial charge >= 0.3 is 11.9 Å². The van der Waals surface area contributed by atoms with E-state index in [2.05, 4.69) is 11.9 Å². The first-order chi connectivity index (χ1) is 10.9. The Hall–Kier alpha value is -1.88. The molecule has 5 heteroatoms. The average molecular weight is 317 g/mol. The van der Waals surface area contributed by atoms with Crippen molar-refractivity contribution in [1.29, 1.82) is 0 Å². The summed E-state index contributed by atoms with van der Waals surface area (Å²) >= 11 is 0. The van der Waals surface area contributed by atoms with E-state index in [1.807, 2.05) is 19.1 Å². The Bertz CT molecular complexity index is 598. The second-order valence-corrected chi connectivity index (χ2v) is 6.63. The fourth-order valence-electron chi connectivity index (χ4n) is 3.72. The first-order valence-electron chi connectivity index (χ1n) is 8.11. The van der Waals surface area contributed by atoms with Crippen molar-refractivity contribution < 1.29 is 19.1 Å². The number of hydrogen-bond acceptors (Lipinski definition) is 5. The van der Waals surface area contributed by atoms with Crippen molar-refractivity contribution in [2.75, 3.05) is 7.05 Å². The number of likely N-dealkylation sites (N-methyl/N-ethyl adjacent to an activating group) is 1. The number of fused-ring (bicyclic) bond motifs is 2. The molecule has 23 heavy (non-hydrogen) atoms. The molecule has 0 saturated carbocycles. The lowest BCUT2D eigenvalue weighted by molar-refractivity contribution is -0.147. The van der Waals surface area contributed by atoms with Gasteiger partial charge < -0.3 is 9.47 Å². The molecule has 124 valence electrons. The molecule has 0 N–H and O–H groups in total. The summed E-state index contributed by atoms with van der Waals surface area (Å²) < 4.78 is 11.1. The van der Waals surface area contributed by atoms with E-state index < -0.39 is 0 Å². The molecule has 2 aliphatic heterocycles. The van der Waals surface area contributed by atoms with Gasteiger partial charge in [-0.05, 0) is 26.1 Å². The Balaban J connectivity index is 1.64. The second-order valence-electron chi connectivity index (χ2n) is 6.63. The third-order valence-corrected chi connectivity index (χ3v) is 4.95. The van der Waals surface area contributed by atoms with Crippen molar-refractivity contribution >= 4 is 11.9 Å². The van der Waals surface area contributed by atoms with Crippen molar-refractivity contribution in [2.24, 2.45) is 0 Å². The van der Waals surface area contributed by atoms with Gasteiger partial charge in [-0.3, -0.25) is 9.69 Å². The van der Waals surface area contributed by atoms with Crippen LogP contribution >= 0.6 is 0 Å². The molecule has 1 aromatic rings. The third kappa shape index (κ3) is 3.39. The lowest BCUT2D eigenvalue weighted by Gasteiger charge is -2.36. The van der Waals surface area contributed by atoms with E-state index in [0.717, 1.165) is 18.4 Å². The van der Waals surface area contributed by atoms with Gasteiger partial charge in [0.1, 0.15) is 12.2 Å². The Morgan fingerprint density at radius 1 is 1.09 bits per heavy atom. The summed E-state index contributed by atoms with van der Waals surface area (Å²) in [6.07, 6.45) is 2.12. The Kier molecular flexibility index (Phi) is 4.39. The predicted octanol–water partition coefficient (Wildman–Crippen LogP) is 2.32. The van der Waals surface area contributed by atoms with Gasteiger partial charge in [-0.15, -0.1) is 0 Å². The highest BCUT2D eigenvalue weighted by atomic mass is 16.6. The largest absolute Gasteiger partial charge is 0.461 e. The van der Waals surface area contributed by atoms with E-state index in [1.165, 1.54) is 6.92 Å². The maximum absolute atomic E-state index is 12.3. The average Bonchev–Trinajstić information content (AvgIpc) is 2.67. The SMILES string of the molecule is CC(=O)OC1CC2CC(OC(=O)c3ccc(C)cc3)CC1N2C. The van der Waals surface area contributed by atoms with Gasteiger partial charge in [0.05, 0.1) is 11.6 Å². The van der Waals surface area contributed by atoms with Crippen LogP contribution in [0.2, 0.25) is 0 Å². The number of carbonyl (C=O) groups is 2. The van der Waals surface area contributed by atoms with Crippen LogP contribution < -0.4 is 0 Å². The van der Waals surface area contributed by atoms with E-state index in [1.54, 1.807) is 12.1 Å². The van der Waals surface area contributed by atoms with Gasteiger partial charge in [-0.1, -0.05) is 17.7 Å². The molecule has 0 spiro atoms. The van der Waals surface area contributed by atoms with Gasteiger partial charge in [0, 0.05) is 32.2 Å². The van der Waals surface area contributed by atoms with Crippen LogP contribution in [-0.4, -0.2) is 48.2 Å². The van der Waals surface area contributed by atoms with E-state index in [-0.39, 0.29) is 30.2 Å². The van der Waals surface area contributed by atoms with E-state index in [9.17, 15) is 9.59 Å². The zero-order valence-corrected chi connectivity index (χ0v) is 13.8. The van der Waals surface area contributed by atoms with Crippen molar-refractivity contribution in [3.63, 3.8) is 0 Å². The van der Waals surface area contributed by atoms with Crippen LogP contribution in [0.15, 0.2) is 24.3 Å². The Morgan fingerprint density at radius 2 is 1.78 bits per heavy atom. The van der Waals surface area contributed by atoms with Crippen LogP contribution in [0.1, 0.15) is 42.1 Å². The monoisotopic (exact) mass is 317 g/mol. The topological polar surface area (TPSA) is 55.8 Å². The van der Waals surface area contributed by atoms with Crippen molar-refractivity contribution in [2.45, 2.75) is 57.4 Å². The fraction of sp³-hybridized carbons (Fsp3) is 0.556. The summed E-state index contributed by atoms with van der Waals surface area (Å²) in [7, 11) is 2.05. The fourth-order valence-corrected chi connectivity index (χ4v) is 3.72. The molecule has 0 aliphatic carbocycles. The molecule has 2 bridgehead atoms. The Morgan fingerprint density at radius 3 is 2.43 bits per heavy atom. The molecular weight excluding hydrogens is 294 g/mol. The molecule has 1 aromatic carbocycles. The van der Waals surface area contributed by atoms with Gasteiger partial charge in [0.15, 0.2) is 0 Å². The van der Waals surface area contributed by atoms with E-state index >= 15 is 0 Å². The molecule has 2 saturated heterocycles. The van der Waals surface area contributed by atoms with Crippen molar-refractivity contribution in [3.05, 3.63) is 35.4 Å². The van der Waals surface area contributed by atoms with Crippen LogP contribution in [0.3, 0.4) is 0 Å². The molecule has 3 rings (SSSR count). The van der Waals surface area contributed by atoms with Crippen LogP contribution in [-0.2, 0) is 14.3 Å². The minimum absolute atomic E-state index is 0.0921. The first kappa shape index (κ1) is 16.0. The lowest BCUT2D eigenvalue weighted by atomic mass is 10.00. The smallest absolute Gasteiger partial charge is 0.338 e. The zero-order chi connectivity index (χ0) is 16.6. The van der Waals surface area contributed by atoms with Gasteiger partial charge in [-0.2, -0.15) is 0 Å². The summed E-state index contributed by atoms with van der Waals surface area (Å²) in [6.45, 7) is 3.43.